The summed E-state index contributed by atoms with van der Waals surface area (Å²) in [5, 5.41) is 3.45. The molecule has 0 aliphatic heterocycles. The van der Waals surface area contributed by atoms with Gasteiger partial charge in [-0.1, -0.05) is 12.0 Å². The largest absolute Gasteiger partial charge is 0.460 e. The number of carbonyl (C=O) groups excluding carboxylic acids is 1. The summed E-state index contributed by atoms with van der Waals surface area (Å²) >= 11 is 0. The minimum absolute atomic E-state index is 0.199. The fraction of sp³-hybridized carbons (Fsp3) is 0.900. The summed E-state index contributed by atoms with van der Waals surface area (Å²) in [5.41, 5.74) is 7.69. The second-order valence-electron chi connectivity index (χ2n) is 4.64. The van der Waals surface area contributed by atoms with Crippen molar-refractivity contribution in [2.24, 2.45) is 11.0 Å². The molecule has 0 spiro atoms. The third-order valence-corrected chi connectivity index (χ3v) is 1.72. The van der Waals surface area contributed by atoms with E-state index >= 15 is 0 Å². The molecule has 0 aliphatic rings. The maximum Gasteiger partial charge on any atom is 0.306 e. The van der Waals surface area contributed by atoms with Crippen molar-refractivity contribution in [1.82, 2.24) is 0 Å². The van der Waals surface area contributed by atoms with E-state index < -0.39 is 5.60 Å². The van der Waals surface area contributed by atoms with Crippen LogP contribution in [0.4, 0.5) is 0 Å². The van der Waals surface area contributed by atoms with Crippen LogP contribution >= 0.6 is 0 Å². The first-order valence-corrected chi connectivity index (χ1v) is 5.08. The van der Waals surface area contributed by atoms with Crippen molar-refractivity contribution in [3.05, 3.63) is 10.4 Å². The number of esters is 1. The van der Waals surface area contributed by atoms with Crippen LogP contribution in [-0.2, 0) is 9.53 Å². The van der Waals surface area contributed by atoms with Gasteiger partial charge in [-0.15, -0.1) is 0 Å². The Morgan fingerprint density at radius 1 is 1.53 bits per heavy atom. The minimum atomic E-state index is -0.425. The van der Waals surface area contributed by atoms with Crippen molar-refractivity contribution in [3.63, 3.8) is 0 Å². The topological polar surface area (TPSA) is 75.1 Å². The summed E-state index contributed by atoms with van der Waals surface area (Å²) in [7, 11) is 0. The number of nitrogens with zero attached hydrogens (tertiary/aromatic N) is 3. The number of rotatable bonds is 5. The molecule has 1 atom stereocenters. The van der Waals surface area contributed by atoms with Gasteiger partial charge in [-0.05, 0) is 38.6 Å². The lowest BCUT2D eigenvalue weighted by Gasteiger charge is -2.19. The van der Waals surface area contributed by atoms with E-state index in [0.717, 1.165) is 0 Å². The van der Waals surface area contributed by atoms with E-state index in [0.29, 0.717) is 19.4 Å². The average molecular weight is 213 g/mol. The highest BCUT2D eigenvalue weighted by Crippen LogP contribution is 2.12. The van der Waals surface area contributed by atoms with Crippen LogP contribution in [-0.4, -0.2) is 18.1 Å². The summed E-state index contributed by atoms with van der Waals surface area (Å²) in [6.07, 6.45) is 1.06. The Balaban J connectivity index is 3.76. The van der Waals surface area contributed by atoms with Crippen molar-refractivity contribution in [1.29, 1.82) is 0 Å². The van der Waals surface area contributed by atoms with Gasteiger partial charge in [0.2, 0.25) is 0 Å². The van der Waals surface area contributed by atoms with E-state index in [-0.39, 0.29) is 11.9 Å². The normalized spacial score (nSPS) is 12.8. The summed E-state index contributed by atoms with van der Waals surface area (Å²) in [6, 6.07) is 0. The van der Waals surface area contributed by atoms with E-state index in [1.807, 2.05) is 27.7 Å². The fourth-order valence-corrected chi connectivity index (χ4v) is 1.02. The van der Waals surface area contributed by atoms with Gasteiger partial charge in [-0.2, -0.15) is 0 Å². The first-order valence-electron chi connectivity index (χ1n) is 5.08. The molecule has 0 N–H and O–H groups in total. The summed E-state index contributed by atoms with van der Waals surface area (Å²) < 4.78 is 5.15. The highest BCUT2D eigenvalue weighted by molar-refractivity contribution is 5.69. The van der Waals surface area contributed by atoms with E-state index in [9.17, 15) is 4.79 Å². The monoisotopic (exact) mass is 213 g/mol. The Morgan fingerprint density at radius 3 is 2.60 bits per heavy atom. The number of hydrogen-bond acceptors (Lipinski definition) is 3. The van der Waals surface area contributed by atoms with Gasteiger partial charge < -0.3 is 4.74 Å². The first-order chi connectivity index (χ1) is 6.85. The molecule has 0 radical (unpaired) electrons. The Kier molecular flexibility index (Phi) is 5.79. The van der Waals surface area contributed by atoms with Crippen LogP contribution < -0.4 is 0 Å². The molecule has 0 rings (SSSR count). The highest BCUT2D eigenvalue weighted by atomic mass is 16.6. The van der Waals surface area contributed by atoms with E-state index in [1.165, 1.54) is 0 Å². The number of azide groups is 1. The molecular weight excluding hydrogens is 194 g/mol. The molecule has 86 valence electrons. The van der Waals surface area contributed by atoms with Gasteiger partial charge in [0.15, 0.2) is 0 Å². The van der Waals surface area contributed by atoms with Crippen molar-refractivity contribution in [3.8, 4) is 0 Å². The Labute approximate surface area is 90.4 Å². The van der Waals surface area contributed by atoms with Crippen LogP contribution in [0, 0.1) is 5.92 Å². The molecule has 0 heterocycles. The van der Waals surface area contributed by atoms with Gasteiger partial charge in [-0.25, -0.2) is 0 Å². The van der Waals surface area contributed by atoms with Crippen molar-refractivity contribution >= 4 is 5.97 Å². The Bertz CT molecular complexity index is 252. The van der Waals surface area contributed by atoms with Crippen LogP contribution in [0.25, 0.3) is 10.4 Å². The molecule has 0 aromatic rings. The molecule has 5 heteroatoms. The zero-order valence-electron chi connectivity index (χ0n) is 9.86. The zero-order chi connectivity index (χ0) is 11.9. The third-order valence-electron chi connectivity index (χ3n) is 1.72. The summed E-state index contributed by atoms with van der Waals surface area (Å²) in [4.78, 5) is 14.0. The quantitative estimate of drug-likeness (QED) is 0.304. The number of hydrogen-bond donors (Lipinski definition) is 0. The van der Waals surface area contributed by atoms with Gasteiger partial charge in [0.1, 0.15) is 5.60 Å². The van der Waals surface area contributed by atoms with Crippen LogP contribution in [0.5, 0.6) is 0 Å². The number of ether oxygens (including phenoxy) is 1. The summed E-state index contributed by atoms with van der Waals surface area (Å²) in [6.45, 7) is 7.90. The average Bonchev–Trinajstić information content (AvgIpc) is 2.08. The van der Waals surface area contributed by atoms with Crippen LogP contribution in [0.2, 0.25) is 0 Å². The van der Waals surface area contributed by atoms with Crippen molar-refractivity contribution in [2.45, 2.75) is 46.1 Å². The molecule has 15 heavy (non-hydrogen) atoms. The molecule has 0 fully saturated rings. The molecule has 0 amide bonds. The van der Waals surface area contributed by atoms with Gasteiger partial charge >= 0.3 is 5.97 Å². The predicted octanol–water partition coefficient (Wildman–Crippen LogP) is 3.05. The van der Waals surface area contributed by atoms with Crippen LogP contribution in [0.3, 0.4) is 0 Å². The van der Waals surface area contributed by atoms with Crippen molar-refractivity contribution < 1.29 is 9.53 Å². The predicted molar refractivity (Wildman–Crippen MR) is 58.3 cm³/mol. The Morgan fingerprint density at radius 2 is 2.13 bits per heavy atom. The molecule has 0 aromatic heterocycles. The van der Waals surface area contributed by atoms with E-state index in [4.69, 9.17) is 10.3 Å². The lowest BCUT2D eigenvalue weighted by molar-refractivity contribution is -0.155. The molecule has 0 saturated carbocycles. The zero-order valence-corrected chi connectivity index (χ0v) is 9.86. The minimum Gasteiger partial charge on any atom is -0.460 e. The second-order valence-corrected chi connectivity index (χ2v) is 4.64. The second kappa shape index (κ2) is 6.30. The molecule has 0 unspecified atom stereocenters. The molecule has 0 bridgehead atoms. The summed E-state index contributed by atoms with van der Waals surface area (Å²) in [5.74, 6) is 0.0173. The lowest BCUT2D eigenvalue weighted by Crippen LogP contribution is -2.24. The molecular formula is C10H19N3O2. The van der Waals surface area contributed by atoms with Crippen LogP contribution in [0.1, 0.15) is 40.5 Å². The first kappa shape index (κ1) is 13.8. The molecule has 5 nitrogen and oxygen atoms in total. The van der Waals surface area contributed by atoms with E-state index in [1.54, 1.807) is 0 Å². The van der Waals surface area contributed by atoms with Gasteiger partial charge in [0.05, 0.1) is 0 Å². The smallest absolute Gasteiger partial charge is 0.306 e. The highest BCUT2D eigenvalue weighted by Gasteiger charge is 2.16. The number of carbonyl (C=O) groups is 1. The SMILES string of the molecule is C[C@@H](CCC(=O)OC(C)(C)C)CN=[N+]=[N-]. The van der Waals surface area contributed by atoms with Crippen LogP contribution in [0.15, 0.2) is 5.11 Å². The standard InChI is InChI=1S/C10H19N3O2/c1-8(7-12-13-11)5-6-9(14)15-10(2,3)4/h8H,5-7H2,1-4H3/t8-/m0/s1. The van der Waals surface area contributed by atoms with E-state index in [2.05, 4.69) is 10.0 Å². The maximum atomic E-state index is 11.3. The van der Waals surface area contributed by atoms with Crippen molar-refractivity contribution in [2.75, 3.05) is 6.54 Å². The van der Waals surface area contributed by atoms with Gasteiger partial charge in [-0.3, -0.25) is 4.79 Å². The molecule has 0 saturated heterocycles. The fourth-order valence-electron chi connectivity index (χ4n) is 1.02. The van der Waals surface area contributed by atoms with Gasteiger partial charge in [0.25, 0.3) is 0 Å². The molecule has 0 aromatic carbocycles. The lowest BCUT2D eigenvalue weighted by atomic mass is 10.1. The van der Waals surface area contributed by atoms with Gasteiger partial charge in [0, 0.05) is 17.9 Å². The third kappa shape index (κ3) is 9.09. The maximum absolute atomic E-state index is 11.3. The molecule has 0 aliphatic carbocycles. The Hall–Kier alpha value is -1.22.